The summed E-state index contributed by atoms with van der Waals surface area (Å²) in [5, 5.41) is 0. The second-order valence-electron chi connectivity index (χ2n) is 7.40. The lowest BCUT2D eigenvalue weighted by Gasteiger charge is -2.28. The lowest BCUT2D eigenvalue weighted by molar-refractivity contribution is 0.122. The maximum atomic E-state index is 6.03. The lowest BCUT2D eigenvalue weighted by Crippen LogP contribution is -2.36. The molecule has 0 spiro atoms. The van der Waals surface area contributed by atoms with Gasteiger partial charge in [0.2, 0.25) is 0 Å². The third-order valence-electron chi connectivity index (χ3n) is 5.18. The van der Waals surface area contributed by atoms with Crippen LogP contribution in [0.5, 0.6) is 11.5 Å². The van der Waals surface area contributed by atoms with Gasteiger partial charge < -0.3 is 19.1 Å². The first-order chi connectivity index (χ1) is 15.7. The topological polar surface area (TPSA) is 43.3 Å². The Kier molecular flexibility index (Phi) is 7.80. The number of rotatable bonds is 8. The fraction of sp³-hybridized carbons (Fsp3) is 0.269. The predicted molar refractivity (Wildman–Crippen MR) is 133 cm³/mol. The maximum Gasteiger partial charge on any atom is 0.162 e. The van der Waals surface area contributed by atoms with Crippen LogP contribution < -0.4 is 14.4 Å². The Morgan fingerprint density at radius 3 is 2.41 bits per heavy atom. The van der Waals surface area contributed by atoms with Crippen molar-refractivity contribution in [1.29, 1.82) is 0 Å². The molecule has 3 aromatic rings. The molecule has 6 heteroatoms. The summed E-state index contributed by atoms with van der Waals surface area (Å²) in [6.45, 7) is 6.41. The SMILES string of the molecule is CCOc1cc(C=Nc2ccc(N3CCOCC3)cc2)c(Br)cc1OCc1ccccc1. The molecule has 1 aliphatic heterocycles. The summed E-state index contributed by atoms with van der Waals surface area (Å²) in [5.41, 5.74) is 4.14. The molecule has 0 atom stereocenters. The van der Waals surface area contributed by atoms with Crippen molar-refractivity contribution in [3.63, 3.8) is 0 Å². The minimum Gasteiger partial charge on any atom is -0.490 e. The van der Waals surface area contributed by atoms with Crippen molar-refractivity contribution in [2.45, 2.75) is 13.5 Å². The van der Waals surface area contributed by atoms with Crippen LogP contribution in [-0.4, -0.2) is 39.1 Å². The number of morpholine rings is 1. The summed E-state index contributed by atoms with van der Waals surface area (Å²) in [4.78, 5) is 6.98. The smallest absolute Gasteiger partial charge is 0.162 e. The zero-order valence-electron chi connectivity index (χ0n) is 18.2. The second kappa shape index (κ2) is 11.2. The van der Waals surface area contributed by atoms with Crippen molar-refractivity contribution in [1.82, 2.24) is 0 Å². The summed E-state index contributed by atoms with van der Waals surface area (Å²) in [5.74, 6) is 1.41. The molecule has 4 rings (SSSR count). The van der Waals surface area contributed by atoms with Crippen molar-refractivity contribution in [3.05, 3.63) is 82.3 Å². The molecule has 5 nitrogen and oxygen atoms in total. The van der Waals surface area contributed by atoms with E-state index in [1.54, 1.807) is 0 Å². The van der Waals surface area contributed by atoms with Gasteiger partial charge in [-0.05, 0) is 64.8 Å². The summed E-state index contributed by atoms with van der Waals surface area (Å²) in [6.07, 6.45) is 1.84. The van der Waals surface area contributed by atoms with Gasteiger partial charge in [0.1, 0.15) is 6.61 Å². The Labute approximate surface area is 197 Å². The Bertz CT molecular complexity index is 1030. The Morgan fingerprint density at radius 1 is 0.969 bits per heavy atom. The molecule has 3 aromatic carbocycles. The fourth-order valence-corrected chi connectivity index (χ4v) is 3.91. The van der Waals surface area contributed by atoms with E-state index >= 15 is 0 Å². The molecule has 0 aliphatic carbocycles. The molecular weight excluding hydrogens is 468 g/mol. The Balaban J connectivity index is 1.47. The zero-order chi connectivity index (χ0) is 22.2. The van der Waals surface area contributed by atoms with Crippen LogP contribution in [0.4, 0.5) is 11.4 Å². The van der Waals surface area contributed by atoms with E-state index in [-0.39, 0.29) is 0 Å². The average molecular weight is 495 g/mol. The van der Waals surface area contributed by atoms with Crippen molar-refractivity contribution in [2.75, 3.05) is 37.8 Å². The van der Waals surface area contributed by atoms with E-state index in [2.05, 4.69) is 38.0 Å². The Morgan fingerprint density at radius 2 is 1.69 bits per heavy atom. The number of benzene rings is 3. The maximum absolute atomic E-state index is 6.03. The number of nitrogens with zero attached hydrogens (tertiary/aromatic N) is 2. The fourth-order valence-electron chi connectivity index (χ4n) is 3.48. The molecular formula is C26H27BrN2O3. The lowest BCUT2D eigenvalue weighted by atomic mass is 10.2. The molecule has 1 aliphatic rings. The molecule has 1 heterocycles. The van der Waals surface area contributed by atoms with E-state index in [9.17, 15) is 0 Å². The number of hydrogen-bond acceptors (Lipinski definition) is 5. The molecule has 0 N–H and O–H groups in total. The minimum atomic E-state index is 0.482. The monoisotopic (exact) mass is 494 g/mol. The summed E-state index contributed by atoms with van der Waals surface area (Å²) >= 11 is 3.65. The van der Waals surface area contributed by atoms with Gasteiger partial charge in [0.15, 0.2) is 11.5 Å². The second-order valence-corrected chi connectivity index (χ2v) is 8.26. The normalized spacial score (nSPS) is 14.0. The molecule has 1 saturated heterocycles. The summed E-state index contributed by atoms with van der Waals surface area (Å²) < 4.78 is 18.2. The van der Waals surface area contributed by atoms with Crippen LogP contribution in [0, 0.1) is 0 Å². The van der Waals surface area contributed by atoms with Crippen LogP contribution in [0.1, 0.15) is 18.1 Å². The standard InChI is InChI=1S/C26H27BrN2O3/c1-2-31-25-16-21(24(27)17-26(25)32-19-20-6-4-3-5-7-20)18-28-22-8-10-23(11-9-22)29-12-14-30-15-13-29/h3-11,16-18H,2,12-15,19H2,1H3. The number of anilines is 1. The van der Waals surface area contributed by atoms with Gasteiger partial charge in [-0.15, -0.1) is 0 Å². The minimum absolute atomic E-state index is 0.482. The molecule has 0 bridgehead atoms. The molecule has 1 fully saturated rings. The van der Waals surface area contributed by atoms with Crippen LogP contribution in [0.25, 0.3) is 0 Å². The van der Waals surface area contributed by atoms with Crippen molar-refractivity contribution >= 4 is 33.5 Å². The van der Waals surface area contributed by atoms with E-state index in [4.69, 9.17) is 14.2 Å². The number of aliphatic imine (C=N–C) groups is 1. The van der Waals surface area contributed by atoms with Gasteiger partial charge in [0.25, 0.3) is 0 Å². The average Bonchev–Trinajstić information content (AvgIpc) is 2.85. The predicted octanol–water partition coefficient (Wildman–Crippen LogP) is 6.01. The van der Waals surface area contributed by atoms with E-state index in [1.807, 2.05) is 67.7 Å². The molecule has 32 heavy (non-hydrogen) atoms. The zero-order valence-corrected chi connectivity index (χ0v) is 19.8. The summed E-state index contributed by atoms with van der Waals surface area (Å²) in [7, 11) is 0. The number of ether oxygens (including phenoxy) is 3. The Hall–Kier alpha value is -2.83. The first-order valence-corrected chi connectivity index (χ1v) is 11.6. The van der Waals surface area contributed by atoms with Crippen LogP contribution in [0.2, 0.25) is 0 Å². The molecule has 0 unspecified atom stereocenters. The first-order valence-electron chi connectivity index (χ1n) is 10.8. The highest BCUT2D eigenvalue weighted by atomic mass is 79.9. The number of hydrogen-bond donors (Lipinski definition) is 0. The highest BCUT2D eigenvalue weighted by molar-refractivity contribution is 9.10. The quantitative estimate of drug-likeness (QED) is 0.359. The first kappa shape index (κ1) is 22.4. The highest BCUT2D eigenvalue weighted by Gasteiger charge is 2.12. The molecule has 0 aromatic heterocycles. The van der Waals surface area contributed by atoms with Crippen LogP contribution in [0.3, 0.4) is 0 Å². The van der Waals surface area contributed by atoms with Crippen molar-refractivity contribution in [2.24, 2.45) is 4.99 Å². The summed E-state index contributed by atoms with van der Waals surface area (Å²) in [6, 6.07) is 22.3. The van der Waals surface area contributed by atoms with Crippen LogP contribution in [-0.2, 0) is 11.3 Å². The van der Waals surface area contributed by atoms with Gasteiger partial charge in [-0.1, -0.05) is 30.3 Å². The largest absolute Gasteiger partial charge is 0.490 e. The van der Waals surface area contributed by atoms with Crippen molar-refractivity contribution < 1.29 is 14.2 Å². The molecule has 0 radical (unpaired) electrons. The van der Waals surface area contributed by atoms with Crippen molar-refractivity contribution in [3.8, 4) is 11.5 Å². The molecule has 0 saturated carbocycles. The van der Waals surface area contributed by atoms with Gasteiger partial charge in [0.05, 0.1) is 25.5 Å². The van der Waals surface area contributed by atoms with Gasteiger partial charge in [-0.2, -0.15) is 0 Å². The van der Waals surface area contributed by atoms with Gasteiger partial charge >= 0.3 is 0 Å². The molecule has 166 valence electrons. The van der Waals surface area contributed by atoms with Gasteiger partial charge in [0, 0.05) is 35.0 Å². The van der Waals surface area contributed by atoms with E-state index in [0.29, 0.717) is 24.7 Å². The van der Waals surface area contributed by atoms with E-state index in [1.165, 1.54) is 5.69 Å². The van der Waals surface area contributed by atoms with E-state index in [0.717, 1.165) is 47.6 Å². The van der Waals surface area contributed by atoms with Crippen LogP contribution in [0.15, 0.2) is 76.2 Å². The third kappa shape index (κ3) is 5.90. The van der Waals surface area contributed by atoms with Gasteiger partial charge in [-0.25, -0.2) is 0 Å². The van der Waals surface area contributed by atoms with E-state index < -0.39 is 0 Å². The highest BCUT2D eigenvalue weighted by Crippen LogP contribution is 2.34. The molecule has 0 amide bonds. The third-order valence-corrected chi connectivity index (χ3v) is 5.87. The van der Waals surface area contributed by atoms with Crippen LogP contribution >= 0.6 is 15.9 Å². The number of halogens is 1. The van der Waals surface area contributed by atoms with Gasteiger partial charge in [-0.3, -0.25) is 4.99 Å².